The van der Waals surface area contributed by atoms with E-state index in [9.17, 15) is 19.7 Å². The first-order chi connectivity index (χ1) is 14.7. The van der Waals surface area contributed by atoms with E-state index in [0.717, 1.165) is 5.56 Å². The van der Waals surface area contributed by atoms with Crippen molar-refractivity contribution < 1.29 is 19.2 Å². The van der Waals surface area contributed by atoms with Gasteiger partial charge in [-0.3, -0.25) is 19.7 Å². The van der Waals surface area contributed by atoms with Crippen LogP contribution < -0.4 is 15.5 Å². The lowest BCUT2D eigenvalue weighted by molar-refractivity contribution is -0.385. The summed E-state index contributed by atoms with van der Waals surface area (Å²) in [5, 5.41) is 17.5. The monoisotopic (exact) mass is 490 g/mol. The molecule has 0 heterocycles. The number of rotatable bonds is 9. The molecule has 2 aromatic carbocycles. The lowest BCUT2D eigenvalue weighted by Gasteiger charge is -2.20. The molecule has 0 spiro atoms. The van der Waals surface area contributed by atoms with Gasteiger partial charge in [-0.05, 0) is 52.5 Å². The molecule has 1 atom stereocenters. The highest BCUT2D eigenvalue weighted by atomic mass is 79.9. The molecule has 0 radical (unpaired) electrons. The highest BCUT2D eigenvalue weighted by Gasteiger charge is 2.24. The van der Waals surface area contributed by atoms with Crippen molar-refractivity contribution in [2.45, 2.75) is 26.8 Å². The van der Waals surface area contributed by atoms with Crippen molar-refractivity contribution in [3.63, 3.8) is 0 Å². The van der Waals surface area contributed by atoms with Crippen LogP contribution >= 0.6 is 15.9 Å². The molecule has 0 aliphatic carbocycles. The van der Waals surface area contributed by atoms with Gasteiger partial charge in [-0.25, -0.2) is 5.43 Å². The Morgan fingerprint density at radius 3 is 2.65 bits per heavy atom. The first-order valence-electron chi connectivity index (χ1n) is 9.43. The third-order valence-electron chi connectivity index (χ3n) is 4.18. The molecule has 31 heavy (non-hydrogen) atoms. The Hall–Kier alpha value is -3.27. The number of hydrazone groups is 1. The second-order valence-electron chi connectivity index (χ2n) is 7.10. The van der Waals surface area contributed by atoms with Gasteiger partial charge in [0.1, 0.15) is 11.8 Å². The van der Waals surface area contributed by atoms with E-state index in [1.54, 1.807) is 32.0 Å². The SMILES string of the molecule is Cc1cccc(OCC(=O)N[C@H](C(=O)NN=Cc2ccc(Br)c([N+](=O)[O-])c2)C(C)C)c1. The Bertz CT molecular complexity index is 993. The van der Waals surface area contributed by atoms with Crippen molar-refractivity contribution in [1.82, 2.24) is 10.7 Å². The number of amides is 2. The quantitative estimate of drug-likeness (QED) is 0.317. The molecule has 0 aromatic heterocycles. The summed E-state index contributed by atoms with van der Waals surface area (Å²) in [6.45, 7) is 5.26. The summed E-state index contributed by atoms with van der Waals surface area (Å²) in [5.74, 6) is -0.592. The molecule has 0 aliphatic heterocycles. The minimum absolute atomic E-state index is 0.115. The number of nitro groups is 1. The van der Waals surface area contributed by atoms with E-state index in [4.69, 9.17) is 4.74 Å². The normalized spacial score (nSPS) is 11.9. The van der Waals surface area contributed by atoms with Gasteiger partial charge < -0.3 is 10.1 Å². The summed E-state index contributed by atoms with van der Waals surface area (Å²) in [7, 11) is 0. The Morgan fingerprint density at radius 2 is 2.00 bits per heavy atom. The number of hydrogen-bond acceptors (Lipinski definition) is 6. The van der Waals surface area contributed by atoms with Gasteiger partial charge in [0.25, 0.3) is 17.5 Å². The molecule has 0 bridgehead atoms. The van der Waals surface area contributed by atoms with Gasteiger partial charge in [0, 0.05) is 11.6 Å². The van der Waals surface area contributed by atoms with Crippen LogP contribution in [-0.4, -0.2) is 35.6 Å². The molecular formula is C21H23BrN4O5. The standard InChI is InChI=1S/C21H23BrN4O5/c1-13(2)20(24-19(27)12-31-16-6-4-5-14(3)9-16)21(28)25-23-11-15-7-8-17(22)18(10-15)26(29)30/h4-11,13,20H,12H2,1-3H3,(H,24,27)(H,25,28)/t20-/m0/s1. The zero-order valence-electron chi connectivity index (χ0n) is 17.3. The number of benzene rings is 2. The molecule has 2 rings (SSSR count). The van der Waals surface area contributed by atoms with Crippen LogP contribution in [0, 0.1) is 23.0 Å². The number of nitrogens with one attached hydrogen (secondary N) is 2. The van der Waals surface area contributed by atoms with Crippen molar-refractivity contribution in [3.05, 3.63) is 68.2 Å². The zero-order valence-corrected chi connectivity index (χ0v) is 18.9. The summed E-state index contributed by atoms with van der Waals surface area (Å²) in [5.41, 5.74) is 3.68. The molecule has 9 nitrogen and oxygen atoms in total. The maximum absolute atomic E-state index is 12.5. The number of ether oxygens (including phenoxy) is 1. The predicted molar refractivity (Wildman–Crippen MR) is 120 cm³/mol. The lowest BCUT2D eigenvalue weighted by atomic mass is 10.0. The molecule has 2 amide bonds. The fourth-order valence-corrected chi connectivity index (χ4v) is 2.99. The van der Waals surface area contributed by atoms with Crippen LogP contribution in [0.2, 0.25) is 0 Å². The summed E-state index contributed by atoms with van der Waals surface area (Å²) in [6.07, 6.45) is 1.29. The van der Waals surface area contributed by atoms with Gasteiger partial charge in [-0.1, -0.05) is 32.0 Å². The lowest BCUT2D eigenvalue weighted by Crippen LogP contribution is -2.49. The van der Waals surface area contributed by atoms with E-state index in [1.165, 1.54) is 18.3 Å². The first kappa shape index (κ1) is 24.0. The molecule has 2 aromatic rings. The molecule has 0 saturated carbocycles. The van der Waals surface area contributed by atoms with Crippen molar-refractivity contribution >= 4 is 39.6 Å². The third kappa shape index (κ3) is 7.49. The van der Waals surface area contributed by atoms with Crippen molar-refractivity contribution in [2.75, 3.05) is 6.61 Å². The number of nitro benzene ring substituents is 1. The predicted octanol–water partition coefficient (Wildman–Crippen LogP) is 3.34. The minimum atomic E-state index is -0.829. The van der Waals surface area contributed by atoms with Crippen molar-refractivity contribution in [2.24, 2.45) is 11.0 Å². The fraction of sp³-hybridized carbons (Fsp3) is 0.286. The molecule has 10 heteroatoms. The smallest absolute Gasteiger partial charge is 0.284 e. The molecule has 0 unspecified atom stereocenters. The van der Waals surface area contributed by atoms with Crippen LogP contribution in [0.3, 0.4) is 0 Å². The zero-order chi connectivity index (χ0) is 23.0. The summed E-state index contributed by atoms with van der Waals surface area (Å²) in [4.78, 5) is 35.2. The Labute approximate surface area is 188 Å². The van der Waals surface area contributed by atoms with Crippen LogP contribution in [-0.2, 0) is 9.59 Å². The van der Waals surface area contributed by atoms with Gasteiger partial charge in [0.05, 0.1) is 15.6 Å². The van der Waals surface area contributed by atoms with Crippen molar-refractivity contribution in [1.29, 1.82) is 0 Å². The van der Waals surface area contributed by atoms with E-state index >= 15 is 0 Å². The van der Waals surface area contributed by atoms with Gasteiger partial charge in [0.2, 0.25) is 0 Å². The number of halogens is 1. The molecule has 0 saturated heterocycles. The largest absolute Gasteiger partial charge is 0.484 e. The van der Waals surface area contributed by atoms with E-state index < -0.39 is 22.8 Å². The van der Waals surface area contributed by atoms with E-state index in [0.29, 0.717) is 15.8 Å². The maximum Gasteiger partial charge on any atom is 0.284 e. The Morgan fingerprint density at radius 1 is 1.26 bits per heavy atom. The van der Waals surface area contributed by atoms with Crippen LogP contribution in [0.25, 0.3) is 0 Å². The third-order valence-corrected chi connectivity index (χ3v) is 4.85. The molecule has 164 valence electrons. The highest BCUT2D eigenvalue weighted by Crippen LogP contribution is 2.24. The summed E-state index contributed by atoms with van der Waals surface area (Å²) < 4.78 is 5.80. The number of aryl methyl sites for hydroxylation is 1. The molecule has 0 aliphatic rings. The highest BCUT2D eigenvalue weighted by molar-refractivity contribution is 9.10. The first-order valence-corrected chi connectivity index (χ1v) is 10.2. The van der Waals surface area contributed by atoms with Crippen LogP contribution in [0.15, 0.2) is 52.0 Å². The molecular weight excluding hydrogens is 468 g/mol. The van der Waals surface area contributed by atoms with Crippen molar-refractivity contribution in [3.8, 4) is 5.75 Å². The second-order valence-corrected chi connectivity index (χ2v) is 7.95. The fourth-order valence-electron chi connectivity index (χ4n) is 2.59. The Balaban J connectivity index is 1.94. The van der Waals surface area contributed by atoms with Gasteiger partial charge in [0.15, 0.2) is 6.61 Å². The van der Waals surface area contributed by atoms with Crippen LogP contribution in [0.5, 0.6) is 5.75 Å². The maximum atomic E-state index is 12.5. The van der Waals surface area contributed by atoms with Gasteiger partial charge in [-0.15, -0.1) is 0 Å². The summed E-state index contributed by atoms with van der Waals surface area (Å²) in [6, 6.07) is 10.9. The number of hydrogen-bond donors (Lipinski definition) is 2. The average molecular weight is 491 g/mol. The second kappa shape index (κ2) is 11.2. The number of nitrogens with zero attached hydrogens (tertiary/aromatic N) is 2. The van der Waals surface area contributed by atoms with Crippen LogP contribution in [0.1, 0.15) is 25.0 Å². The van der Waals surface area contributed by atoms with Crippen LogP contribution in [0.4, 0.5) is 5.69 Å². The van der Waals surface area contributed by atoms with E-state index in [1.807, 2.05) is 19.1 Å². The minimum Gasteiger partial charge on any atom is -0.484 e. The molecule has 2 N–H and O–H groups in total. The average Bonchev–Trinajstić information content (AvgIpc) is 2.71. The van der Waals surface area contributed by atoms with Gasteiger partial charge >= 0.3 is 0 Å². The topological polar surface area (TPSA) is 123 Å². The number of carbonyl (C=O) groups is 2. The molecule has 0 fully saturated rings. The van der Waals surface area contributed by atoms with E-state index in [2.05, 4.69) is 31.8 Å². The Kier molecular flexibility index (Phi) is 8.68. The summed E-state index contributed by atoms with van der Waals surface area (Å²) >= 11 is 3.10. The number of carbonyl (C=O) groups excluding carboxylic acids is 2. The van der Waals surface area contributed by atoms with E-state index in [-0.39, 0.29) is 18.2 Å². The van der Waals surface area contributed by atoms with Gasteiger partial charge in [-0.2, -0.15) is 5.10 Å².